The van der Waals surface area contributed by atoms with E-state index in [9.17, 15) is 0 Å². The van der Waals surface area contributed by atoms with Crippen LogP contribution in [0.3, 0.4) is 0 Å². The van der Waals surface area contributed by atoms with Crippen LogP contribution in [0.2, 0.25) is 0 Å². The summed E-state index contributed by atoms with van der Waals surface area (Å²) in [7, 11) is 1.92. The van der Waals surface area contributed by atoms with Gasteiger partial charge in [-0.25, -0.2) is 4.98 Å². The number of aromatic nitrogens is 4. The summed E-state index contributed by atoms with van der Waals surface area (Å²) in [5.41, 5.74) is 9.23. The highest BCUT2D eigenvalue weighted by Crippen LogP contribution is 2.29. The maximum atomic E-state index is 6.36. The van der Waals surface area contributed by atoms with E-state index in [2.05, 4.69) is 30.4 Å². The number of nitrogens with two attached hydrogens (primary N) is 1. The van der Waals surface area contributed by atoms with Gasteiger partial charge in [-0.1, -0.05) is 20.8 Å². The van der Waals surface area contributed by atoms with Gasteiger partial charge in [-0.15, -0.1) is 0 Å². The van der Waals surface area contributed by atoms with Crippen molar-refractivity contribution in [2.75, 3.05) is 5.73 Å². The van der Waals surface area contributed by atoms with Crippen molar-refractivity contribution in [2.24, 2.45) is 13.0 Å². The van der Waals surface area contributed by atoms with Crippen molar-refractivity contribution in [3.05, 3.63) is 17.7 Å². The van der Waals surface area contributed by atoms with Crippen LogP contribution in [0.15, 0.2) is 6.20 Å². The van der Waals surface area contributed by atoms with Crippen LogP contribution in [-0.4, -0.2) is 19.3 Å². The fourth-order valence-electron chi connectivity index (χ4n) is 2.53. The van der Waals surface area contributed by atoms with Gasteiger partial charge in [0, 0.05) is 31.8 Å². The normalized spacial score (nSPS) is 11.5. The molecule has 0 saturated heterocycles. The molecule has 20 heavy (non-hydrogen) atoms. The number of hydrogen-bond acceptors (Lipinski definition) is 3. The molecule has 2 aromatic heterocycles. The predicted octanol–water partition coefficient (Wildman–Crippen LogP) is 2.78. The summed E-state index contributed by atoms with van der Waals surface area (Å²) < 4.78 is 3.97. The summed E-state index contributed by atoms with van der Waals surface area (Å²) in [5.74, 6) is 2.39. The summed E-state index contributed by atoms with van der Waals surface area (Å²) >= 11 is 0. The lowest BCUT2D eigenvalue weighted by molar-refractivity contribution is 0.510. The molecule has 0 radical (unpaired) electrons. The molecule has 0 aliphatic carbocycles. The van der Waals surface area contributed by atoms with Crippen molar-refractivity contribution >= 4 is 5.82 Å². The standard InChI is InChI=1S/C15H25N5/c1-6-7-13-17-14(12-9-19(5)18-11(12)4)15(16)20(13)8-10(2)3/h9-10H,6-8,16H2,1-5H3. The second-order valence-corrected chi connectivity index (χ2v) is 5.82. The number of nitrogen functional groups attached to an aromatic ring is 1. The van der Waals surface area contributed by atoms with Crippen molar-refractivity contribution in [3.63, 3.8) is 0 Å². The van der Waals surface area contributed by atoms with E-state index in [0.717, 1.165) is 48.0 Å². The number of hydrogen-bond donors (Lipinski definition) is 1. The van der Waals surface area contributed by atoms with E-state index in [1.807, 2.05) is 24.9 Å². The number of rotatable bonds is 5. The Bertz CT molecular complexity index is 592. The molecule has 0 saturated carbocycles. The van der Waals surface area contributed by atoms with E-state index < -0.39 is 0 Å². The molecule has 5 nitrogen and oxygen atoms in total. The summed E-state index contributed by atoms with van der Waals surface area (Å²) in [5, 5.41) is 4.39. The fourth-order valence-corrected chi connectivity index (χ4v) is 2.53. The Hall–Kier alpha value is -1.78. The molecule has 0 fully saturated rings. The highest BCUT2D eigenvalue weighted by atomic mass is 15.3. The molecule has 5 heteroatoms. The van der Waals surface area contributed by atoms with Crippen molar-refractivity contribution in [1.82, 2.24) is 19.3 Å². The average molecular weight is 275 g/mol. The SMILES string of the molecule is CCCc1nc(-c2cn(C)nc2C)c(N)n1CC(C)C. The topological polar surface area (TPSA) is 61.7 Å². The minimum Gasteiger partial charge on any atom is -0.383 e. The summed E-state index contributed by atoms with van der Waals surface area (Å²) in [6, 6.07) is 0. The lowest BCUT2D eigenvalue weighted by atomic mass is 10.2. The van der Waals surface area contributed by atoms with Gasteiger partial charge in [0.25, 0.3) is 0 Å². The van der Waals surface area contributed by atoms with Crippen molar-refractivity contribution in [2.45, 2.75) is 47.1 Å². The van der Waals surface area contributed by atoms with E-state index in [0.29, 0.717) is 5.92 Å². The Morgan fingerprint density at radius 2 is 2.05 bits per heavy atom. The molecular weight excluding hydrogens is 250 g/mol. The van der Waals surface area contributed by atoms with Gasteiger partial charge in [0.05, 0.1) is 5.69 Å². The van der Waals surface area contributed by atoms with Crippen LogP contribution in [0.5, 0.6) is 0 Å². The first kappa shape index (κ1) is 14.6. The molecule has 0 aliphatic rings. The molecule has 110 valence electrons. The van der Waals surface area contributed by atoms with Crippen LogP contribution in [-0.2, 0) is 20.0 Å². The Kier molecular flexibility index (Phi) is 4.16. The number of anilines is 1. The first-order valence-corrected chi connectivity index (χ1v) is 7.29. The zero-order chi connectivity index (χ0) is 14.9. The zero-order valence-electron chi connectivity index (χ0n) is 13.1. The lowest BCUT2D eigenvalue weighted by Gasteiger charge is -2.11. The number of nitrogens with zero attached hydrogens (tertiary/aromatic N) is 4. The monoisotopic (exact) mass is 275 g/mol. The van der Waals surface area contributed by atoms with E-state index in [-0.39, 0.29) is 0 Å². The van der Waals surface area contributed by atoms with Crippen LogP contribution in [0.4, 0.5) is 5.82 Å². The number of imidazole rings is 1. The van der Waals surface area contributed by atoms with Gasteiger partial charge in [-0.05, 0) is 19.3 Å². The minimum atomic E-state index is 0.546. The smallest absolute Gasteiger partial charge is 0.131 e. The quantitative estimate of drug-likeness (QED) is 0.912. The highest BCUT2D eigenvalue weighted by molar-refractivity contribution is 5.72. The second kappa shape index (κ2) is 5.69. The Labute approximate surface area is 120 Å². The van der Waals surface area contributed by atoms with Crippen LogP contribution in [0.25, 0.3) is 11.3 Å². The van der Waals surface area contributed by atoms with E-state index in [1.165, 1.54) is 0 Å². The highest BCUT2D eigenvalue weighted by Gasteiger charge is 2.19. The third kappa shape index (κ3) is 2.71. The number of aryl methyl sites for hydroxylation is 3. The van der Waals surface area contributed by atoms with Crippen molar-refractivity contribution in [3.8, 4) is 11.3 Å². The van der Waals surface area contributed by atoms with Crippen LogP contribution < -0.4 is 5.73 Å². The fraction of sp³-hybridized carbons (Fsp3) is 0.600. The molecule has 2 N–H and O–H groups in total. The van der Waals surface area contributed by atoms with Gasteiger partial charge in [0.1, 0.15) is 17.3 Å². The van der Waals surface area contributed by atoms with Gasteiger partial charge < -0.3 is 10.3 Å². The van der Waals surface area contributed by atoms with E-state index in [1.54, 1.807) is 0 Å². The Balaban J connectivity index is 2.51. The van der Waals surface area contributed by atoms with E-state index in [4.69, 9.17) is 10.7 Å². The van der Waals surface area contributed by atoms with Gasteiger partial charge in [0.15, 0.2) is 0 Å². The van der Waals surface area contributed by atoms with Crippen molar-refractivity contribution in [1.29, 1.82) is 0 Å². The van der Waals surface area contributed by atoms with E-state index >= 15 is 0 Å². The molecule has 0 unspecified atom stereocenters. The van der Waals surface area contributed by atoms with Gasteiger partial charge in [-0.2, -0.15) is 5.10 Å². The largest absolute Gasteiger partial charge is 0.383 e. The molecule has 0 amide bonds. The summed E-state index contributed by atoms with van der Waals surface area (Å²) in [6.07, 6.45) is 4.01. The van der Waals surface area contributed by atoms with Gasteiger partial charge >= 0.3 is 0 Å². The molecular formula is C15H25N5. The zero-order valence-corrected chi connectivity index (χ0v) is 13.1. The molecule has 2 heterocycles. The maximum absolute atomic E-state index is 6.36. The van der Waals surface area contributed by atoms with Gasteiger partial charge in [0.2, 0.25) is 0 Å². The third-order valence-electron chi connectivity index (χ3n) is 3.38. The average Bonchev–Trinajstić information content (AvgIpc) is 2.83. The lowest BCUT2D eigenvalue weighted by Crippen LogP contribution is -2.11. The third-order valence-corrected chi connectivity index (χ3v) is 3.38. The predicted molar refractivity (Wildman–Crippen MR) is 82.4 cm³/mol. The molecule has 0 bridgehead atoms. The molecule has 2 aromatic rings. The van der Waals surface area contributed by atoms with Crippen LogP contribution in [0, 0.1) is 12.8 Å². The first-order chi connectivity index (χ1) is 9.43. The molecule has 0 atom stereocenters. The maximum Gasteiger partial charge on any atom is 0.131 e. The van der Waals surface area contributed by atoms with Gasteiger partial charge in [-0.3, -0.25) is 4.68 Å². The minimum absolute atomic E-state index is 0.546. The summed E-state index contributed by atoms with van der Waals surface area (Å²) in [4.78, 5) is 4.78. The summed E-state index contributed by atoms with van der Waals surface area (Å²) in [6.45, 7) is 9.47. The molecule has 0 aromatic carbocycles. The molecule has 0 spiro atoms. The second-order valence-electron chi connectivity index (χ2n) is 5.82. The van der Waals surface area contributed by atoms with Crippen LogP contribution in [0.1, 0.15) is 38.7 Å². The van der Waals surface area contributed by atoms with Crippen LogP contribution >= 0.6 is 0 Å². The Morgan fingerprint density at radius 3 is 2.55 bits per heavy atom. The van der Waals surface area contributed by atoms with Crippen molar-refractivity contribution < 1.29 is 0 Å². The first-order valence-electron chi connectivity index (χ1n) is 7.29. The molecule has 0 aliphatic heterocycles. The Morgan fingerprint density at radius 1 is 1.35 bits per heavy atom. The molecule has 2 rings (SSSR count).